The maximum absolute atomic E-state index is 11.7. The van der Waals surface area contributed by atoms with E-state index in [0.717, 1.165) is 5.56 Å². The average molecular weight is 380 g/mol. The lowest BCUT2D eigenvalue weighted by Gasteiger charge is -2.11. The second-order valence-corrected chi connectivity index (χ2v) is 5.66. The lowest BCUT2D eigenvalue weighted by molar-refractivity contribution is -0.383. The fourth-order valence-corrected chi connectivity index (χ4v) is 2.41. The second-order valence-electron chi connectivity index (χ2n) is 5.66. The molecule has 0 spiro atoms. The van der Waals surface area contributed by atoms with Crippen LogP contribution in [0.5, 0.6) is 0 Å². The van der Waals surface area contributed by atoms with Crippen LogP contribution in [0.3, 0.4) is 0 Å². The average Bonchev–Trinajstić information content (AvgIpc) is 2.69. The molecule has 0 saturated carbocycles. The van der Waals surface area contributed by atoms with Crippen molar-refractivity contribution in [3.63, 3.8) is 0 Å². The molecule has 3 aromatic rings. The number of benzene rings is 1. The Morgan fingerprint density at radius 2 is 1.71 bits per heavy atom. The minimum Gasteiger partial charge on any atom is -0.465 e. The van der Waals surface area contributed by atoms with Gasteiger partial charge in [0, 0.05) is 11.9 Å². The van der Waals surface area contributed by atoms with Gasteiger partial charge in [-0.3, -0.25) is 10.1 Å². The molecule has 28 heavy (non-hydrogen) atoms. The summed E-state index contributed by atoms with van der Waals surface area (Å²) in [6.45, 7) is 1.82. The van der Waals surface area contributed by atoms with Crippen molar-refractivity contribution in [1.82, 2.24) is 15.0 Å². The van der Waals surface area contributed by atoms with Crippen LogP contribution in [0.1, 0.15) is 15.9 Å². The molecule has 3 rings (SSSR count). The summed E-state index contributed by atoms with van der Waals surface area (Å²) in [7, 11) is 1.29. The zero-order valence-corrected chi connectivity index (χ0v) is 15.0. The molecule has 2 N–H and O–H groups in total. The number of nitrogens with zero attached hydrogens (tertiary/aromatic N) is 4. The Hall–Kier alpha value is -4.08. The Kier molecular flexibility index (Phi) is 5.40. The Morgan fingerprint density at radius 1 is 1.04 bits per heavy atom. The molecule has 142 valence electrons. The number of nitro groups is 1. The molecule has 10 nitrogen and oxygen atoms in total. The van der Waals surface area contributed by atoms with Crippen molar-refractivity contribution < 1.29 is 14.5 Å². The Balaban J connectivity index is 1.92. The molecule has 0 unspecified atom stereocenters. The molecule has 10 heteroatoms. The van der Waals surface area contributed by atoms with E-state index in [2.05, 4.69) is 30.3 Å². The van der Waals surface area contributed by atoms with Crippen molar-refractivity contribution in [2.45, 2.75) is 6.92 Å². The number of pyridine rings is 1. The van der Waals surface area contributed by atoms with Crippen LogP contribution in [0.4, 0.5) is 28.8 Å². The number of hydrogen-bond acceptors (Lipinski definition) is 9. The van der Waals surface area contributed by atoms with E-state index in [-0.39, 0.29) is 17.3 Å². The van der Waals surface area contributed by atoms with Gasteiger partial charge >= 0.3 is 11.7 Å². The standard InChI is InChI=1S/C18H16N6O4/c1-11-4-3-9-19-15(11)23-17-14(24(26)27)16(20-10-21-17)22-13-7-5-12(6-8-13)18(25)28-2/h3-10H,1-2H3,(H2,19,20,21,22,23). The van der Waals surface area contributed by atoms with Gasteiger partial charge in [-0.2, -0.15) is 0 Å². The topological polar surface area (TPSA) is 132 Å². The van der Waals surface area contributed by atoms with Gasteiger partial charge < -0.3 is 15.4 Å². The van der Waals surface area contributed by atoms with E-state index in [0.29, 0.717) is 17.1 Å². The molecule has 1 aromatic carbocycles. The molecule has 0 radical (unpaired) electrons. The lowest BCUT2D eigenvalue weighted by Crippen LogP contribution is -2.07. The SMILES string of the molecule is COC(=O)c1ccc(Nc2ncnc(Nc3ncccc3C)c2[N+](=O)[O-])cc1. The summed E-state index contributed by atoms with van der Waals surface area (Å²) in [5, 5.41) is 17.4. The number of rotatable bonds is 6. The van der Waals surface area contributed by atoms with E-state index >= 15 is 0 Å². The monoisotopic (exact) mass is 380 g/mol. The number of hydrogen-bond donors (Lipinski definition) is 2. The fourth-order valence-electron chi connectivity index (χ4n) is 2.41. The van der Waals surface area contributed by atoms with E-state index in [1.54, 1.807) is 24.4 Å². The van der Waals surface area contributed by atoms with Crippen LogP contribution in [0.25, 0.3) is 0 Å². The van der Waals surface area contributed by atoms with Crippen LogP contribution in [-0.2, 0) is 4.74 Å². The van der Waals surface area contributed by atoms with Gasteiger partial charge in [0.25, 0.3) is 0 Å². The summed E-state index contributed by atoms with van der Waals surface area (Å²) in [6, 6.07) is 9.85. The first-order chi connectivity index (χ1) is 13.5. The molecule has 0 atom stereocenters. The third kappa shape index (κ3) is 4.01. The summed E-state index contributed by atoms with van der Waals surface area (Å²) in [5.74, 6) is -0.00755. The fraction of sp³-hybridized carbons (Fsp3) is 0.111. The van der Waals surface area contributed by atoms with Crippen LogP contribution in [0.15, 0.2) is 48.9 Å². The molecule has 2 aromatic heterocycles. The molecule has 0 amide bonds. The predicted molar refractivity (Wildman–Crippen MR) is 102 cm³/mol. The number of ether oxygens (including phenoxy) is 1. The zero-order valence-electron chi connectivity index (χ0n) is 15.0. The summed E-state index contributed by atoms with van der Waals surface area (Å²) < 4.78 is 4.64. The van der Waals surface area contributed by atoms with Crippen LogP contribution in [0.2, 0.25) is 0 Å². The molecular weight excluding hydrogens is 364 g/mol. The van der Waals surface area contributed by atoms with Crippen molar-refractivity contribution in [2.24, 2.45) is 0 Å². The summed E-state index contributed by atoms with van der Waals surface area (Å²) >= 11 is 0. The molecule has 0 aliphatic heterocycles. The smallest absolute Gasteiger partial charge is 0.353 e. The number of carbonyl (C=O) groups excluding carboxylic acids is 1. The molecular formula is C18H16N6O4. The minimum absolute atomic E-state index is 0.00176. The van der Waals surface area contributed by atoms with Crippen molar-refractivity contribution >= 4 is 34.8 Å². The summed E-state index contributed by atoms with van der Waals surface area (Å²) in [6.07, 6.45) is 2.78. The Labute approximate surface area is 159 Å². The maximum Gasteiger partial charge on any atom is 0.353 e. The predicted octanol–water partition coefficient (Wildman–Crippen LogP) is 3.36. The van der Waals surface area contributed by atoms with Gasteiger partial charge in [0.15, 0.2) is 0 Å². The number of anilines is 4. The van der Waals surface area contributed by atoms with Crippen molar-refractivity contribution in [3.8, 4) is 0 Å². The van der Waals surface area contributed by atoms with Crippen molar-refractivity contribution in [3.05, 3.63) is 70.2 Å². The first-order valence-electron chi connectivity index (χ1n) is 8.13. The van der Waals surface area contributed by atoms with E-state index in [1.807, 2.05) is 13.0 Å². The van der Waals surface area contributed by atoms with Gasteiger partial charge in [0.1, 0.15) is 12.1 Å². The largest absolute Gasteiger partial charge is 0.465 e. The second kappa shape index (κ2) is 8.08. The number of nitrogens with one attached hydrogen (secondary N) is 2. The van der Waals surface area contributed by atoms with Gasteiger partial charge in [0.05, 0.1) is 17.6 Å². The van der Waals surface area contributed by atoms with Gasteiger partial charge in [-0.25, -0.2) is 19.7 Å². The first kappa shape index (κ1) is 18.7. The van der Waals surface area contributed by atoms with Crippen LogP contribution in [0, 0.1) is 17.0 Å². The maximum atomic E-state index is 11.7. The molecule has 0 fully saturated rings. The van der Waals surface area contributed by atoms with E-state index in [1.165, 1.54) is 25.6 Å². The molecule has 0 bridgehead atoms. The highest BCUT2D eigenvalue weighted by molar-refractivity contribution is 5.90. The quantitative estimate of drug-likeness (QED) is 0.375. The summed E-state index contributed by atoms with van der Waals surface area (Å²) in [4.78, 5) is 34.7. The van der Waals surface area contributed by atoms with E-state index in [9.17, 15) is 14.9 Å². The van der Waals surface area contributed by atoms with Gasteiger partial charge in [0.2, 0.25) is 11.6 Å². The highest BCUT2D eigenvalue weighted by atomic mass is 16.6. The normalized spacial score (nSPS) is 10.2. The highest BCUT2D eigenvalue weighted by Crippen LogP contribution is 2.33. The first-order valence-corrected chi connectivity index (χ1v) is 8.13. The summed E-state index contributed by atoms with van der Waals surface area (Å²) in [5.41, 5.74) is 1.35. The molecule has 2 heterocycles. The highest BCUT2D eigenvalue weighted by Gasteiger charge is 2.24. The number of aryl methyl sites for hydroxylation is 1. The lowest BCUT2D eigenvalue weighted by atomic mass is 10.2. The number of carbonyl (C=O) groups is 1. The third-order valence-corrected chi connectivity index (χ3v) is 3.82. The van der Waals surface area contributed by atoms with Crippen molar-refractivity contribution in [2.75, 3.05) is 17.7 Å². The molecule has 0 aliphatic rings. The van der Waals surface area contributed by atoms with Crippen LogP contribution in [-0.4, -0.2) is 33.0 Å². The van der Waals surface area contributed by atoms with E-state index < -0.39 is 10.9 Å². The van der Waals surface area contributed by atoms with Crippen LogP contribution >= 0.6 is 0 Å². The number of esters is 1. The zero-order chi connectivity index (χ0) is 20.1. The van der Waals surface area contributed by atoms with Crippen molar-refractivity contribution in [1.29, 1.82) is 0 Å². The van der Waals surface area contributed by atoms with Gasteiger partial charge in [-0.05, 0) is 42.8 Å². The third-order valence-electron chi connectivity index (χ3n) is 3.82. The van der Waals surface area contributed by atoms with E-state index in [4.69, 9.17) is 0 Å². The van der Waals surface area contributed by atoms with Crippen LogP contribution < -0.4 is 10.6 Å². The Morgan fingerprint density at radius 3 is 2.32 bits per heavy atom. The van der Waals surface area contributed by atoms with Gasteiger partial charge in [-0.15, -0.1) is 0 Å². The Bertz CT molecular complexity index is 1020. The van der Waals surface area contributed by atoms with Gasteiger partial charge in [-0.1, -0.05) is 6.07 Å². The minimum atomic E-state index is -0.578. The number of methoxy groups -OCH3 is 1. The molecule has 0 saturated heterocycles. The number of aromatic nitrogens is 3. The molecule has 0 aliphatic carbocycles.